The zero-order chi connectivity index (χ0) is 16.7. The predicted molar refractivity (Wildman–Crippen MR) is 90.1 cm³/mol. The Morgan fingerprint density at radius 3 is 2.92 bits per heavy atom. The minimum absolute atomic E-state index is 0.168. The van der Waals surface area contributed by atoms with Crippen LogP contribution in [0.4, 0.5) is 5.69 Å². The lowest BCUT2D eigenvalue weighted by Crippen LogP contribution is -2.30. The number of carbonyl (C=O) groups excluding carboxylic acids is 1. The van der Waals surface area contributed by atoms with Gasteiger partial charge in [0, 0.05) is 11.6 Å². The fraction of sp³-hybridized carbons (Fsp3) is 0.250. The highest BCUT2D eigenvalue weighted by Gasteiger charge is 2.38. The summed E-state index contributed by atoms with van der Waals surface area (Å²) < 4.78 is 5.35. The zero-order valence-corrected chi connectivity index (χ0v) is 13.4. The molecule has 0 unspecified atom stereocenters. The molecule has 0 bridgehead atoms. The van der Waals surface area contributed by atoms with Crippen LogP contribution < -0.4 is 15.2 Å². The minimum Gasteiger partial charge on any atom is -0.545 e. The van der Waals surface area contributed by atoms with E-state index in [9.17, 15) is 9.90 Å². The van der Waals surface area contributed by atoms with Gasteiger partial charge in [-0.05, 0) is 53.3 Å². The average Bonchev–Trinajstić information content (AvgIpc) is 3.10. The number of ether oxygens (including phenoxy) is 1. The number of methoxy groups -OCH3 is 1. The lowest BCUT2D eigenvalue weighted by Gasteiger charge is -2.38. The molecule has 0 fully saturated rings. The summed E-state index contributed by atoms with van der Waals surface area (Å²) in [6, 6.07) is 13.5. The fourth-order valence-corrected chi connectivity index (χ4v) is 3.89. The summed E-state index contributed by atoms with van der Waals surface area (Å²) in [6.07, 6.45) is 5.34. The lowest BCUT2D eigenvalue weighted by molar-refractivity contribution is -0.255. The standard InChI is InChI=1S/C20H19NO3/c1-24-14-5-2-4-12(10-14)19-16-7-3-6-15(16)17-11-13(20(22)23)8-9-18(17)21-19/h2-6,8-11,15-16,19,21H,7H2,1H3,(H,22,23)/p-1/t15-,16+,19-/m0/s1. The van der Waals surface area contributed by atoms with Crippen molar-refractivity contribution in [3.05, 3.63) is 71.3 Å². The monoisotopic (exact) mass is 320 g/mol. The molecule has 1 N–H and O–H groups in total. The number of carbonyl (C=O) groups is 1. The number of allylic oxidation sites excluding steroid dienone is 2. The Morgan fingerprint density at radius 2 is 2.12 bits per heavy atom. The van der Waals surface area contributed by atoms with Crippen molar-refractivity contribution < 1.29 is 14.6 Å². The quantitative estimate of drug-likeness (QED) is 0.883. The SMILES string of the molecule is COc1cccc([C@@H]2Nc3ccc(C(=O)[O-])cc3[C@H]3C=CC[C@H]32)c1. The van der Waals surface area contributed by atoms with Gasteiger partial charge in [-0.1, -0.05) is 30.4 Å². The van der Waals surface area contributed by atoms with Gasteiger partial charge in [-0.15, -0.1) is 0 Å². The number of anilines is 1. The van der Waals surface area contributed by atoms with Crippen LogP contribution in [0.15, 0.2) is 54.6 Å². The molecule has 0 saturated carbocycles. The Kier molecular flexibility index (Phi) is 3.53. The fourth-order valence-electron chi connectivity index (χ4n) is 3.89. The normalized spacial score (nSPS) is 24.0. The van der Waals surface area contributed by atoms with Crippen molar-refractivity contribution in [3.8, 4) is 5.75 Å². The molecule has 4 nitrogen and oxygen atoms in total. The van der Waals surface area contributed by atoms with Crippen LogP contribution in [-0.2, 0) is 0 Å². The van der Waals surface area contributed by atoms with Gasteiger partial charge >= 0.3 is 0 Å². The molecule has 1 aliphatic heterocycles. The summed E-state index contributed by atoms with van der Waals surface area (Å²) in [5.41, 5.74) is 3.44. The highest BCUT2D eigenvalue weighted by atomic mass is 16.5. The molecule has 0 spiro atoms. The van der Waals surface area contributed by atoms with E-state index in [0.717, 1.165) is 23.4 Å². The molecule has 0 radical (unpaired) electrons. The molecule has 4 rings (SSSR count). The smallest absolute Gasteiger partial charge is 0.119 e. The van der Waals surface area contributed by atoms with E-state index in [1.807, 2.05) is 18.2 Å². The maximum absolute atomic E-state index is 11.2. The van der Waals surface area contributed by atoms with E-state index in [4.69, 9.17) is 4.74 Å². The number of hydrogen-bond acceptors (Lipinski definition) is 4. The van der Waals surface area contributed by atoms with E-state index in [1.54, 1.807) is 19.2 Å². The molecule has 1 aliphatic carbocycles. The Balaban J connectivity index is 1.76. The van der Waals surface area contributed by atoms with E-state index in [-0.39, 0.29) is 17.5 Å². The van der Waals surface area contributed by atoms with Crippen molar-refractivity contribution in [2.75, 3.05) is 12.4 Å². The molecule has 4 heteroatoms. The van der Waals surface area contributed by atoms with E-state index in [0.29, 0.717) is 5.92 Å². The second-order valence-electron chi connectivity index (χ2n) is 6.34. The molecular weight excluding hydrogens is 302 g/mol. The van der Waals surface area contributed by atoms with Gasteiger partial charge in [-0.3, -0.25) is 0 Å². The maximum atomic E-state index is 11.2. The van der Waals surface area contributed by atoms with Crippen molar-refractivity contribution in [1.82, 2.24) is 0 Å². The van der Waals surface area contributed by atoms with E-state index in [1.165, 1.54) is 5.56 Å². The first kappa shape index (κ1) is 14.8. The minimum atomic E-state index is -1.13. The van der Waals surface area contributed by atoms with Crippen molar-refractivity contribution in [3.63, 3.8) is 0 Å². The second-order valence-corrected chi connectivity index (χ2v) is 6.34. The Labute approximate surface area is 140 Å². The van der Waals surface area contributed by atoms with Gasteiger partial charge < -0.3 is 20.0 Å². The molecule has 2 aliphatic rings. The first-order valence-corrected chi connectivity index (χ1v) is 8.10. The highest BCUT2D eigenvalue weighted by molar-refractivity contribution is 5.87. The van der Waals surface area contributed by atoms with Crippen LogP contribution in [0, 0.1) is 5.92 Å². The van der Waals surface area contributed by atoms with Crippen LogP contribution in [0.3, 0.4) is 0 Å². The number of hydrogen-bond donors (Lipinski definition) is 1. The largest absolute Gasteiger partial charge is 0.545 e. The predicted octanol–water partition coefficient (Wildman–Crippen LogP) is 2.89. The zero-order valence-electron chi connectivity index (χ0n) is 13.4. The van der Waals surface area contributed by atoms with E-state index in [2.05, 4.69) is 29.6 Å². The van der Waals surface area contributed by atoms with Crippen molar-refractivity contribution in [2.45, 2.75) is 18.4 Å². The van der Waals surface area contributed by atoms with Crippen LogP contribution in [0.1, 0.15) is 39.9 Å². The van der Waals surface area contributed by atoms with Gasteiger partial charge in [0.25, 0.3) is 0 Å². The topological polar surface area (TPSA) is 61.4 Å². The third-order valence-corrected chi connectivity index (χ3v) is 5.05. The molecule has 24 heavy (non-hydrogen) atoms. The summed E-state index contributed by atoms with van der Waals surface area (Å²) in [5, 5.41) is 14.8. The molecule has 1 heterocycles. The number of benzene rings is 2. The van der Waals surface area contributed by atoms with Crippen LogP contribution in [0.2, 0.25) is 0 Å². The number of nitrogens with one attached hydrogen (secondary N) is 1. The van der Waals surface area contributed by atoms with Gasteiger partial charge in [-0.2, -0.15) is 0 Å². The van der Waals surface area contributed by atoms with Gasteiger partial charge in [0.05, 0.1) is 19.1 Å². The van der Waals surface area contributed by atoms with Crippen LogP contribution in [-0.4, -0.2) is 13.1 Å². The van der Waals surface area contributed by atoms with E-state index < -0.39 is 5.97 Å². The first-order valence-electron chi connectivity index (χ1n) is 8.10. The van der Waals surface area contributed by atoms with Gasteiger partial charge in [0.1, 0.15) is 5.75 Å². The molecule has 2 aromatic carbocycles. The molecular formula is C20H18NO3-. The summed E-state index contributed by atoms with van der Waals surface area (Å²) in [6.45, 7) is 0. The average molecular weight is 320 g/mol. The summed E-state index contributed by atoms with van der Waals surface area (Å²) in [4.78, 5) is 11.2. The molecule has 0 aromatic heterocycles. The molecule has 122 valence electrons. The van der Waals surface area contributed by atoms with E-state index >= 15 is 0 Å². The van der Waals surface area contributed by atoms with Crippen LogP contribution in [0.5, 0.6) is 5.75 Å². The third-order valence-electron chi connectivity index (χ3n) is 5.05. The van der Waals surface area contributed by atoms with Gasteiger partial charge in [-0.25, -0.2) is 0 Å². The van der Waals surface area contributed by atoms with Gasteiger partial charge in [0.2, 0.25) is 0 Å². The molecule has 3 atom stereocenters. The number of carboxylic acid groups (broad SMARTS) is 1. The van der Waals surface area contributed by atoms with Crippen molar-refractivity contribution >= 4 is 11.7 Å². The Bertz CT molecular complexity index is 827. The molecule has 2 aromatic rings. The summed E-state index contributed by atoms with van der Waals surface area (Å²) in [5.74, 6) is 0.291. The third kappa shape index (κ3) is 2.35. The van der Waals surface area contributed by atoms with Gasteiger partial charge in [0.15, 0.2) is 0 Å². The second kappa shape index (κ2) is 5.71. The number of fused-ring (bicyclic) bond motifs is 3. The van der Waals surface area contributed by atoms with Crippen LogP contribution >= 0.6 is 0 Å². The highest BCUT2D eigenvalue weighted by Crippen LogP contribution is 2.50. The maximum Gasteiger partial charge on any atom is 0.119 e. The first-order chi connectivity index (χ1) is 11.7. The Hall–Kier alpha value is -2.75. The van der Waals surface area contributed by atoms with Crippen LogP contribution in [0.25, 0.3) is 0 Å². The number of aromatic carboxylic acids is 1. The summed E-state index contributed by atoms with van der Waals surface area (Å²) >= 11 is 0. The lowest BCUT2D eigenvalue weighted by atomic mass is 9.76. The number of rotatable bonds is 3. The molecule has 0 saturated heterocycles. The van der Waals surface area contributed by atoms with Crippen molar-refractivity contribution in [2.24, 2.45) is 5.92 Å². The number of carboxylic acids is 1. The Morgan fingerprint density at radius 1 is 1.25 bits per heavy atom. The van der Waals surface area contributed by atoms with Crippen molar-refractivity contribution in [1.29, 1.82) is 0 Å². The summed E-state index contributed by atoms with van der Waals surface area (Å²) in [7, 11) is 1.67. The molecule has 0 amide bonds.